The topological polar surface area (TPSA) is 79.5 Å². The van der Waals surface area contributed by atoms with Crippen LogP contribution in [0.1, 0.15) is 0 Å². The Morgan fingerprint density at radius 3 is 2.40 bits per heavy atom. The molecule has 0 spiro atoms. The molecule has 0 atom stereocenters. The number of hydrazine groups is 1. The van der Waals surface area contributed by atoms with Crippen molar-refractivity contribution in [1.82, 2.24) is 10.9 Å². The van der Waals surface area contributed by atoms with E-state index in [1.54, 1.807) is 24.3 Å². The van der Waals surface area contributed by atoms with Crippen molar-refractivity contribution in [2.24, 2.45) is 0 Å². The minimum Gasteiger partial charge on any atom is -0.452 e. The highest BCUT2D eigenvalue weighted by Gasteiger charge is 2.02. The number of para-hydroxylation sites is 1. The van der Waals surface area contributed by atoms with Gasteiger partial charge in [0.05, 0.1) is 7.11 Å². The summed E-state index contributed by atoms with van der Waals surface area (Å²) >= 11 is 0. The van der Waals surface area contributed by atoms with Gasteiger partial charge in [0.1, 0.15) is 0 Å². The third-order valence-corrected chi connectivity index (χ3v) is 1.50. The van der Waals surface area contributed by atoms with Gasteiger partial charge in [-0.15, -0.1) is 0 Å². The Morgan fingerprint density at radius 2 is 1.80 bits per heavy atom. The Kier molecular flexibility index (Phi) is 3.96. The number of benzene rings is 1. The Hall–Kier alpha value is -2.24. The number of carbonyl (C=O) groups is 2. The molecule has 0 heterocycles. The maximum atomic E-state index is 11.1. The summed E-state index contributed by atoms with van der Waals surface area (Å²) in [5.74, 6) is 0. The number of hydrogen-bond acceptors (Lipinski definition) is 3. The molecule has 6 heteroatoms. The van der Waals surface area contributed by atoms with Crippen LogP contribution in [0.25, 0.3) is 0 Å². The first-order valence-electron chi connectivity index (χ1n) is 4.18. The lowest BCUT2D eigenvalue weighted by Gasteiger charge is -2.07. The molecule has 0 aromatic heterocycles. The normalized spacial score (nSPS) is 8.87. The van der Waals surface area contributed by atoms with Gasteiger partial charge in [-0.2, -0.15) is 0 Å². The first-order valence-corrected chi connectivity index (χ1v) is 4.18. The van der Waals surface area contributed by atoms with Crippen LogP contribution in [-0.4, -0.2) is 19.2 Å². The minimum atomic E-state index is -0.738. The highest BCUT2D eigenvalue weighted by molar-refractivity contribution is 5.90. The van der Waals surface area contributed by atoms with Gasteiger partial charge in [0.2, 0.25) is 0 Å². The monoisotopic (exact) mass is 209 g/mol. The van der Waals surface area contributed by atoms with E-state index in [9.17, 15) is 9.59 Å². The molecule has 0 unspecified atom stereocenters. The lowest BCUT2D eigenvalue weighted by atomic mass is 10.3. The fraction of sp³-hybridized carbons (Fsp3) is 0.111. The van der Waals surface area contributed by atoms with Crippen LogP contribution in [0.5, 0.6) is 0 Å². The van der Waals surface area contributed by atoms with Crippen LogP contribution in [0, 0.1) is 0 Å². The zero-order chi connectivity index (χ0) is 11.1. The Morgan fingerprint density at radius 1 is 1.13 bits per heavy atom. The van der Waals surface area contributed by atoms with Crippen molar-refractivity contribution in [3.63, 3.8) is 0 Å². The first-order chi connectivity index (χ1) is 7.22. The molecule has 1 aromatic carbocycles. The van der Waals surface area contributed by atoms with Gasteiger partial charge < -0.3 is 10.1 Å². The van der Waals surface area contributed by atoms with E-state index in [4.69, 9.17) is 0 Å². The van der Waals surface area contributed by atoms with Gasteiger partial charge in [-0.3, -0.25) is 0 Å². The van der Waals surface area contributed by atoms with Gasteiger partial charge in [-0.25, -0.2) is 20.4 Å². The lowest BCUT2D eigenvalue weighted by Crippen LogP contribution is -2.43. The standard InChI is InChI=1S/C9H11N3O3/c1-15-9(14)12-11-8(13)10-7-5-3-2-4-6-7/h2-6H,1H3,(H,12,14)(H2,10,11,13). The Balaban J connectivity index is 2.34. The number of rotatable bonds is 1. The molecule has 15 heavy (non-hydrogen) atoms. The Labute approximate surface area is 86.6 Å². The van der Waals surface area contributed by atoms with Gasteiger partial charge in [0, 0.05) is 5.69 Å². The number of ether oxygens (including phenoxy) is 1. The summed E-state index contributed by atoms with van der Waals surface area (Å²) in [4.78, 5) is 21.7. The molecule has 6 nitrogen and oxygen atoms in total. The number of hydrogen-bond donors (Lipinski definition) is 3. The third kappa shape index (κ3) is 3.99. The van der Waals surface area contributed by atoms with Gasteiger partial charge in [0.25, 0.3) is 0 Å². The maximum absolute atomic E-state index is 11.1. The minimum absolute atomic E-state index is 0.549. The van der Waals surface area contributed by atoms with E-state index >= 15 is 0 Å². The van der Waals surface area contributed by atoms with Crippen LogP contribution in [0.2, 0.25) is 0 Å². The van der Waals surface area contributed by atoms with Crippen molar-refractivity contribution >= 4 is 17.8 Å². The largest absolute Gasteiger partial charge is 0.452 e. The smallest absolute Gasteiger partial charge is 0.425 e. The molecule has 0 radical (unpaired) electrons. The highest BCUT2D eigenvalue weighted by Crippen LogP contribution is 2.03. The summed E-state index contributed by atoms with van der Waals surface area (Å²) in [6.45, 7) is 0. The van der Waals surface area contributed by atoms with Crippen LogP contribution < -0.4 is 16.2 Å². The van der Waals surface area contributed by atoms with Crippen LogP contribution in [0.3, 0.4) is 0 Å². The van der Waals surface area contributed by atoms with E-state index in [-0.39, 0.29) is 0 Å². The molecule has 3 N–H and O–H groups in total. The van der Waals surface area contributed by atoms with E-state index in [1.165, 1.54) is 7.11 Å². The average Bonchev–Trinajstić information content (AvgIpc) is 2.27. The van der Waals surface area contributed by atoms with Crippen molar-refractivity contribution in [2.75, 3.05) is 12.4 Å². The number of anilines is 1. The summed E-state index contributed by atoms with van der Waals surface area (Å²) in [6, 6.07) is 8.28. The van der Waals surface area contributed by atoms with Gasteiger partial charge in [-0.05, 0) is 12.1 Å². The van der Waals surface area contributed by atoms with Crippen LogP contribution in [0.4, 0.5) is 15.3 Å². The lowest BCUT2D eigenvalue weighted by molar-refractivity contribution is 0.166. The molecule has 0 bridgehead atoms. The zero-order valence-corrected chi connectivity index (χ0v) is 8.11. The van der Waals surface area contributed by atoms with E-state index in [1.807, 2.05) is 11.5 Å². The molecule has 3 amide bonds. The number of nitrogens with one attached hydrogen (secondary N) is 3. The first kappa shape index (κ1) is 10.8. The second-order valence-electron chi connectivity index (χ2n) is 2.56. The van der Waals surface area contributed by atoms with Crippen LogP contribution in [0.15, 0.2) is 30.3 Å². The van der Waals surface area contributed by atoms with E-state index in [0.717, 1.165) is 0 Å². The van der Waals surface area contributed by atoms with Crippen molar-refractivity contribution in [2.45, 2.75) is 0 Å². The molecule has 0 saturated heterocycles. The summed E-state index contributed by atoms with van der Waals surface area (Å²) in [6.07, 6.45) is -0.738. The molecule has 0 aliphatic heterocycles. The van der Waals surface area contributed by atoms with E-state index < -0.39 is 12.1 Å². The summed E-state index contributed by atoms with van der Waals surface area (Å²) < 4.78 is 4.26. The number of methoxy groups -OCH3 is 1. The van der Waals surface area contributed by atoms with Crippen LogP contribution >= 0.6 is 0 Å². The quantitative estimate of drug-likeness (QED) is 0.605. The number of amides is 3. The molecule has 1 rings (SSSR count). The number of urea groups is 1. The second kappa shape index (κ2) is 5.48. The van der Waals surface area contributed by atoms with E-state index in [0.29, 0.717) is 5.69 Å². The fourth-order valence-electron chi connectivity index (χ4n) is 0.843. The summed E-state index contributed by atoms with van der Waals surface area (Å²) in [7, 11) is 1.20. The summed E-state index contributed by atoms with van der Waals surface area (Å²) in [5.41, 5.74) is 4.76. The second-order valence-corrected chi connectivity index (χ2v) is 2.56. The van der Waals surface area contributed by atoms with Crippen molar-refractivity contribution in [3.8, 4) is 0 Å². The van der Waals surface area contributed by atoms with Crippen molar-refractivity contribution in [3.05, 3.63) is 30.3 Å². The molecular formula is C9H11N3O3. The molecular weight excluding hydrogens is 198 g/mol. The van der Waals surface area contributed by atoms with E-state index in [2.05, 4.69) is 15.5 Å². The Bertz CT molecular complexity index is 340. The van der Waals surface area contributed by atoms with Crippen LogP contribution in [-0.2, 0) is 4.74 Å². The summed E-state index contributed by atoms with van der Waals surface area (Å²) in [5, 5.41) is 2.50. The fourth-order valence-corrected chi connectivity index (χ4v) is 0.843. The molecule has 0 saturated carbocycles. The average molecular weight is 209 g/mol. The van der Waals surface area contributed by atoms with Gasteiger partial charge >= 0.3 is 12.1 Å². The van der Waals surface area contributed by atoms with Gasteiger partial charge in [0.15, 0.2) is 0 Å². The predicted molar refractivity (Wildman–Crippen MR) is 54.1 cm³/mol. The molecule has 0 fully saturated rings. The molecule has 0 aliphatic carbocycles. The molecule has 1 aromatic rings. The van der Waals surface area contributed by atoms with Crippen molar-refractivity contribution < 1.29 is 14.3 Å². The molecule has 80 valence electrons. The molecule has 0 aliphatic rings. The SMILES string of the molecule is COC(=O)NNC(=O)Nc1ccccc1. The zero-order valence-electron chi connectivity index (χ0n) is 8.11. The van der Waals surface area contributed by atoms with Crippen molar-refractivity contribution in [1.29, 1.82) is 0 Å². The van der Waals surface area contributed by atoms with Gasteiger partial charge in [-0.1, -0.05) is 18.2 Å². The maximum Gasteiger partial charge on any atom is 0.425 e. The predicted octanol–water partition coefficient (Wildman–Crippen LogP) is 1.08. The third-order valence-electron chi connectivity index (χ3n) is 1.50. The number of carbonyl (C=O) groups excluding carboxylic acids is 2. The highest BCUT2D eigenvalue weighted by atomic mass is 16.5.